The zero-order valence-corrected chi connectivity index (χ0v) is 21.8. The standard InChI is InChI=1S/C32H33FN2O3/c1-37-27-11-13-29(24(19-27)20-34)31-5-2-4-23-18-25(36)8-12-30(23)32(31)22-6-9-26(10-7-22)38-28-14-17-35(21-28)16-3-15-33/h6-13,18-19,28,36H,2-5,14-17,21H2,1H3/t28-/m0/s1. The van der Waals surface area contributed by atoms with Crippen LogP contribution in [-0.2, 0) is 6.42 Å². The van der Waals surface area contributed by atoms with E-state index in [2.05, 4.69) is 23.1 Å². The van der Waals surface area contributed by atoms with Crippen LogP contribution in [0.2, 0.25) is 0 Å². The second-order valence-corrected chi connectivity index (χ2v) is 9.97. The summed E-state index contributed by atoms with van der Waals surface area (Å²) in [4.78, 5) is 2.26. The van der Waals surface area contributed by atoms with Gasteiger partial charge in [-0.15, -0.1) is 0 Å². The number of fused-ring (bicyclic) bond motifs is 1. The van der Waals surface area contributed by atoms with Gasteiger partial charge in [-0.2, -0.15) is 5.26 Å². The first-order chi connectivity index (χ1) is 18.6. The number of benzene rings is 3. The minimum absolute atomic E-state index is 0.106. The average molecular weight is 513 g/mol. The Labute approximate surface area is 223 Å². The molecule has 5 rings (SSSR count). The Kier molecular flexibility index (Phi) is 7.95. The van der Waals surface area contributed by atoms with Crippen molar-refractivity contribution in [3.63, 3.8) is 0 Å². The van der Waals surface area contributed by atoms with Gasteiger partial charge in [-0.05, 0) is 108 Å². The Balaban J connectivity index is 1.52. The molecule has 0 aromatic heterocycles. The highest BCUT2D eigenvalue weighted by atomic mass is 19.1. The van der Waals surface area contributed by atoms with Crippen LogP contribution in [0.3, 0.4) is 0 Å². The van der Waals surface area contributed by atoms with Gasteiger partial charge in [0.15, 0.2) is 0 Å². The summed E-state index contributed by atoms with van der Waals surface area (Å²) in [5, 5.41) is 20.2. The minimum Gasteiger partial charge on any atom is -0.508 e. The van der Waals surface area contributed by atoms with Crippen LogP contribution in [0, 0.1) is 11.3 Å². The number of aromatic hydroxyl groups is 1. The minimum atomic E-state index is -0.281. The third kappa shape index (κ3) is 5.54. The number of nitriles is 1. The first kappa shape index (κ1) is 25.8. The summed E-state index contributed by atoms with van der Waals surface area (Å²) in [6.45, 7) is 2.25. The molecule has 1 aliphatic carbocycles. The van der Waals surface area contributed by atoms with Crippen molar-refractivity contribution in [3.8, 4) is 23.3 Å². The van der Waals surface area contributed by atoms with Gasteiger partial charge in [0.1, 0.15) is 23.4 Å². The lowest BCUT2D eigenvalue weighted by atomic mass is 9.86. The number of methoxy groups -OCH3 is 1. The number of phenolic OH excluding ortho intramolecular Hbond substituents is 1. The lowest BCUT2D eigenvalue weighted by Gasteiger charge is -2.19. The number of ether oxygens (including phenoxy) is 2. The molecule has 1 fully saturated rings. The molecule has 0 saturated carbocycles. The van der Waals surface area contributed by atoms with Crippen molar-refractivity contribution in [3.05, 3.63) is 88.5 Å². The molecule has 1 aliphatic heterocycles. The molecular weight excluding hydrogens is 479 g/mol. The Bertz CT molecular complexity index is 1360. The highest BCUT2D eigenvalue weighted by Gasteiger charge is 2.25. The van der Waals surface area contributed by atoms with E-state index in [1.807, 2.05) is 36.4 Å². The number of halogens is 1. The molecule has 0 radical (unpaired) electrons. The van der Waals surface area contributed by atoms with Gasteiger partial charge >= 0.3 is 0 Å². The van der Waals surface area contributed by atoms with Crippen LogP contribution in [0.4, 0.5) is 4.39 Å². The number of rotatable bonds is 8. The Hall–Kier alpha value is -3.82. The van der Waals surface area contributed by atoms with E-state index >= 15 is 0 Å². The monoisotopic (exact) mass is 512 g/mol. The molecule has 1 N–H and O–H groups in total. The molecule has 5 nitrogen and oxygen atoms in total. The summed E-state index contributed by atoms with van der Waals surface area (Å²) in [6.07, 6.45) is 4.18. The fraction of sp³-hybridized carbons (Fsp3) is 0.344. The molecular formula is C32H33FN2O3. The second-order valence-electron chi connectivity index (χ2n) is 9.97. The highest BCUT2D eigenvalue weighted by Crippen LogP contribution is 2.42. The SMILES string of the molecule is COc1ccc(C2=C(c3ccc(O[C@H]4CCN(CCCF)C4)cc3)c3ccc(O)cc3CCC2)c(C#N)c1. The fourth-order valence-corrected chi connectivity index (χ4v) is 5.65. The van der Waals surface area contributed by atoms with Crippen molar-refractivity contribution < 1.29 is 19.0 Å². The Morgan fingerprint density at radius 1 is 1.03 bits per heavy atom. The van der Waals surface area contributed by atoms with E-state index in [9.17, 15) is 14.8 Å². The van der Waals surface area contributed by atoms with Crippen LogP contribution in [0.25, 0.3) is 11.1 Å². The fourth-order valence-electron chi connectivity index (χ4n) is 5.65. The van der Waals surface area contributed by atoms with Gasteiger partial charge in [0, 0.05) is 19.6 Å². The predicted molar refractivity (Wildman–Crippen MR) is 147 cm³/mol. The van der Waals surface area contributed by atoms with E-state index in [0.29, 0.717) is 17.7 Å². The zero-order valence-electron chi connectivity index (χ0n) is 21.8. The quantitative estimate of drug-likeness (QED) is 0.379. The van der Waals surface area contributed by atoms with E-state index in [1.54, 1.807) is 19.2 Å². The molecule has 0 unspecified atom stereocenters. The number of hydrogen-bond donors (Lipinski definition) is 1. The van der Waals surface area contributed by atoms with Gasteiger partial charge < -0.3 is 14.6 Å². The largest absolute Gasteiger partial charge is 0.508 e. The van der Waals surface area contributed by atoms with Crippen molar-refractivity contribution in [2.24, 2.45) is 0 Å². The first-order valence-corrected chi connectivity index (χ1v) is 13.3. The molecule has 0 spiro atoms. The maximum atomic E-state index is 12.5. The van der Waals surface area contributed by atoms with Crippen LogP contribution >= 0.6 is 0 Å². The summed E-state index contributed by atoms with van der Waals surface area (Å²) in [7, 11) is 1.60. The van der Waals surface area contributed by atoms with E-state index < -0.39 is 0 Å². The van der Waals surface area contributed by atoms with Crippen molar-refractivity contribution in [1.29, 1.82) is 5.26 Å². The van der Waals surface area contributed by atoms with Crippen molar-refractivity contribution in [2.45, 2.75) is 38.2 Å². The molecule has 0 amide bonds. The molecule has 1 atom stereocenters. The van der Waals surface area contributed by atoms with Gasteiger partial charge in [-0.25, -0.2) is 0 Å². The molecule has 196 valence electrons. The Morgan fingerprint density at radius 2 is 1.82 bits per heavy atom. The third-order valence-electron chi connectivity index (χ3n) is 7.49. The topological polar surface area (TPSA) is 65.7 Å². The van der Waals surface area contributed by atoms with Gasteiger partial charge in [0.2, 0.25) is 0 Å². The maximum absolute atomic E-state index is 12.5. The van der Waals surface area contributed by atoms with Crippen molar-refractivity contribution in [1.82, 2.24) is 4.90 Å². The Morgan fingerprint density at radius 3 is 2.58 bits per heavy atom. The van der Waals surface area contributed by atoms with Gasteiger partial charge in [-0.3, -0.25) is 9.29 Å². The maximum Gasteiger partial charge on any atom is 0.120 e. The number of alkyl halides is 1. The first-order valence-electron chi connectivity index (χ1n) is 13.3. The number of nitrogens with zero attached hydrogens (tertiary/aromatic N) is 2. The summed E-state index contributed by atoms with van der Waals surface area (Å²) in [5.41, 5.74) is 6.88. The van der Waals surface area contributed by atoms with Gasteiger partial charge in [0.25, 0.3) is 0 Å². The molecule has 1 saturated heterocycles. The van der Waals surface area contributed by atoms with Gasteiger partial charge in [-0.1, -0.05) is 18.2 Å². The predicted octanol–water partition coefficient (Wildman–Crippen LogP) is 6.38. The van der Waals surface area contributed by atoms with Crippen LogP contribution in [0.5, 0.6) is 17.2 Å². The number of likely N-dealkylation sites (tertiary alicyclic amines) is 1. The van der Waals surface area contributed by atoms with E-state index in [4.69, 9.17) is 9.47 Å². The second kappa shape index (κ2) is 11.7. The van der Waals surface area contributed by atoms with Crippen LogP contribution in [0.1, 0.15) is 53.5 Å². The van der Waals surface area contributed by atoms with Crippen LogP contribution < -0.4 is 9.47 Å². The van der Waals surface area contributed by atoms with E-state index in [0.717, 1.165) is 84.5 Å². The number of allylic oxidation sites excluding steroid dienone is 1. The molecule has 2 aliphatic rings. The summed E-state index contributed by atoms with van der Waals surface area (Å²) >= 11 is 0. The summed E-state index contributed by atoms with van der Waals surface area (Å²) < 4.78 is 24.2. The van der Waals surface area contributed by atoms with Crippen molar-refractivity contribution >= 4 is 11.1 Å². The lowest BCUT2D eigenvalue weighted by molar-refractivity contribution is 0.198. The lowest BCUT2D eigenvalue weighted by Crippen LogP contribution is -2.26. The van der Waals surface area contributed by atoms with Crippen LogP contribution in [0.15, 0.2) is 60.7 Å². The van der Waals surface area contributed by atoms with E-state index in [-0.39, 0.29) is 18.5 Å². The molecule has 3 aromatic carbocycles. The van der Waals surface area contributed by atoms with Crippen molar-refractivity contribution in [2.75, 3.05) is 33.4 Å². The number of phenols is 1. The summed E-state index contributed by atoms with van der Waals surface area (Å²) in [6, 6.07) is 21.8. The van der Waals surface area contributed by atoms with Crippen LogP contribution in [-0.4, -0.2) is 49.5 Å². The third-order valence-corrected chi connectivity index (χ3v) is 7.49. The molecule has 0 bridgehead atoms. The highest BCUT2D eigenvalue weighted by molar-refractivity contribution is 6.01. The molecule has 3 aromatic rings. The number of aryl methyl sites for hydroxylation is 1. The zero-order chi connectivity index (χ0) is 26.5. The normalized spacial score (nSPS) is 17.6. The van der Waals surface area contributed by atoms with E-state index in [1.165, 1.54) is 0 Å². The smallest absolute Gasteiger partial charge is 0.120 e. The molecule has 1 heterocycles. The molecule has 38 heavy (non-hydrogen) atoms. The number of hydrogen-bond acceptors (Lipinski definition) is 5. The summed E-state index contributed by atoms with van der Waals surface area (Å²) in [5.74, 6) is 1.73. The molecule has 6 heteroatoms. The average Bonchev–Trinajstić information content (AvgIpc) is 3.30. The van der Waals surface area contributed by atoms with Gasteiger partial charge in [0.05, 0.1) is 25.4 Å².